The summed E-state index contributed by atoms with van der Waals surface area (Å²) in [5, 5.41) is 0. The molecule has 0 aromatic heterocycles. The van der Waals surface area contributed by atoms with Crippen LogP contribution < -0.4 is 0 Å². The van der Waals surface area contributed by atoms with Gasteiger partial charge < -0.3 is 4.74 Å². The fourth-order valence-corrected chi connectivity index (χ4v) is 0.302. The van der Waals surface area contributed by atoms with Crippen molar-refractivity contribution in [2.45, 2.75) is 6.92 Å². The van der Waals surface area contributed by atoms with Gasteiger partial charge in [0.1, 0.15) is 0 Å². The molecule has 0 aromatic rings. The lowest BCUT2D eigenvalue weighted by atomic mass is 10.7. The van der Waals surface area contributed by atoms with Crippen LogP contribution in [0.2, 0.25) is 0 Å². The van der Waals surface area contributed by atoms with E-state index < -0.39 is 10.7 Å². The molecule has 0 amide bonds. The minimum absolute atomic E-state index is 0.232. The number of ether oxygens (including phenoxy) is 1. The molecule has 0 bridgehead atoms. The van der Waals surface area contributed by atoms with Crippen molar-refractivity contribution in [1.29, 1.82) is 0 Å². The van der Waals surface area contributed by atoms with Gasteiger partial charge in [-0.05, 0) is 6.92 Å². The molecule has 0 aliphatic carbocycles. The maximum atomic E-state index is 10.1. The summed E-state index contributed by atoms with van der Waals surface area (Å²) in [6.45, 7) is 1.87. The third-order valence-corrected chi connectivity index (χ3v) is 0.760. The Morgan fingerprint density at radius 3 is 2.25 bits per heavy atom. The minimum atomic E-state index is -0.840. The van der Waals surface area contributed by atoms with Gasteiger partial charge in [0.05, 0.1) is 6.61 Å². The van der Waals surface area contributed by atoms with Gasteiger partial charge in [-0.3, -0.25) is 4.79 Å². The monoisotopic (exact) mass is 180 g/mol. The quantitative estimate of drug-likeness (QED) is 0.353. The van der Waals surface area contributed by atoms with E-state index in [4.69, 9.17) is 0 Å². The summed E-state index contributed by atoms with van der Waals surface area (Å²) in [5.74, 6) is -0.840. The highest BCUT2D eigenvalue weighted by Gasteiger charge is 2.07. The lowest BCUT2D eigenvalue weighted by Gasteiger charge is -1.91. The van der Waals surface area contributed by atoms with Crippen LogP contribution in [-0.4, -0.2) is 17.3 Å². The van der Waals surface area contributed by atoms with Crippen molar-refractivity contribution in [2.24, 2.45) is 0 Å². The second kappa shape index (κ2) is 3.60. The topological polar surface area (TPSA) is 43.4 Å². The molecule has 3 nitrogen and oxygen atoms in total. The Balaban J connectivity index is 3.49. The first-order valence-electron chi connectivity index (χ1n) is 2.05. The summed E-state index contributed by atoms with van der Waals surface area (Å²) in [4.78, 5) is 20.1. The molecule has 0 aromatic carbocycles. The fraction of sp³-hybridized carbons (Fsp3) is 0.500. The van der Waals surface area contributed by atoms with Crippen LogP contribution in [0.3, 0.4) is 0 Å². The molecule has 0 unspecified atom stereocenters. The summed E-state index contributed by atoms with van der Waals surface area (Å²) >= 11 is 2.43. The smallest absolute Gasteiger partial charge is 0.386 e. The summed E-state index contributed by atoms with van der Waals surface area (Å²) < 4.78 is 3.53. The van der Waals surface area contributed by atoms with Crippen molar-refractivity contribution in [3.05, 3.63) is 0 Å². The van der Waals surface area contributed by atoms with Crippen molar-refractivity contribution < 1.29 is 14.3 Å². The molecule has 46 valence electrons. The number of rotatable bonds is 2. The molecule has 0 radical (unpaired) electrons. The van der Waals surface area contributed by atoms with E-state index in [2.05, 4.69) is 20.7 Å². The van der Waals surface area contributed by atoms with Crippen molar-refractivity contribution in [3.63, 3.8) is 0 Å². The molecule has 0 fully saturated rings. The van der Waals surface area contributed by atoms with E-state index in [9.17, 15) is 9.59 Å². The molecule has 0 atom stereocenters. The molecule has 4 heteroatoms. The van der Waals surface area contributed by atoms with Gasteiger partial charge in [0, 0.05) is 15.9 Å². The predicted octanol–water partition coefficient (Wildman–Crippen LogP) is 0.471. The third kappa shape index (κ3) is 2.74. The van der Waals surface area contributed by atoms with Crippen LogP contribution >= 0.6 is 15.9 Å². The highest BCUT2D eigenvalue weighted by atomic mass is 79.9. The molecule has 0 aliphatic rings. The number of hydrogen-bond acceptors (Lipinski definition) is 3. The van der Waals surface area contributed by atoms with Gasteiger partial charge in [0.15, 0.2) is 0 Å². The van der Waals surface area contributed by atoms with Crippen LogP contribution in [0, 0.1) is 0 Å². The largest absolute Gasteiger partial charge is 0.460 e. The van der Waals surface area contributed by atoms with Crippen LogP contribution in [-0.2, 0) is 14.3 Å². The first-order chi connectivity index (χ1) is 3.68. The summed E-state index contributed by atoms with van der Waals surface area (Å²) in [5.41, 5.74) is 0. The molecule has 0 saturated heterocycles. The van der Waals surface area contributed by atoms with E-state index in [1.165, 1.54) is 0 Å². The second-order valence-electron chi connectivity index (χ2n) is 0.994. The van der Waals surface area contributed by atoms with E-state index in [-0.39, 0.29) is 6.61 Å². The first kappa shape index (κ1) is 7.62. The lowest BCUT2D eigenvalue weighted by molar-refractivity contribution is -0.149. The molecule has 0 saturated carbocycles. The van der Waals surface area contributed by atoms with Crippen LogP contribution in [0.25, 0.3) is 0 Å². The minimum Gasteiger partial charge on any atom is -0.460 e. The Kier molecular flexibility index (Phi) is 3.43. The van der Waals surface area contributed by atoms with E-state index in [0.29, 0.717) is 0 Å². The number of halogens is 1. The number of carbonyl (C=O) groups is 2. The molecular weight excluding hydrogens is 176 g/mol. The van der Waals surface area contributed by atoms with Gasteiger partial charge in [-0.25, -0.2) is 4.79 Å². The van der Waals surface area contributed by atoms with E-state index >= 15 is 0 Å². The number of carbonyl (C=O) groups excluding carboxylic acids is 2. The summed E-state index contributed by atoms with van der Waals surface area (Å²) in [6.07, 6.45) is 0. The van der Waals surface area contributed by atoms with Crippen LogP contribution in [0.1, 0.15) is 6.92 Å². The standard InChI is InChI=1S/C4H5BrO3/c1-2-8-4(7)3(5)6/h2H2,1H3. The van der Waals surface area contributed by atoms with Gasteiger partial charge in [-0.2, -0.15) is 0 Å². The van der Waals surface area contributed by atoms with Crippen molar-refractivity contribution >= 4 is 26.6 Å². The predicted molar refractivity (Wildman–Crippen MR) is 30.6 cm³/mol. The fourth-order valence-electron chi connectivity index (χ4n) is 0.188. The maximum Gasteiger partial charge on any atom is 0.386 e. The Hall–Kier alpha value is -0.380. The molecule has 0 heterocycles. The van der Waals surface area contributed by atoms with Crippen LogP contribution in [0.5, 0.6) is 0 Å². The highest BCUT2D eigenvalue weighted by molar-refractivity contribution is 9.19. The molecule has 0 aliphatic heterocycles. The molecule has 8 heavy (non-hydrogen) atoms. The van der Waals surface area contributed by atoms with Gasteiger partial charge in [0.2, 0.25) is 0 Å². The van der Waals surface area contributed by atoms with Crippen LogP contribution in [0.15, 0.2) is 0 Å². The number of esters is 1. The Labute approximate surface area is 55.1 Å². The van der Waals surface area contributed by atoms with Crippen molar-refractivity contribution in [2.75, 3.05) is 6.61 Å². The summed E-state index contributed by atoms with van der Waals surface area (Å²) in [7, 11) is 0. The summed E-state index contributed by atoms with van der Waals surface area (Å²) in [6, 6.07) is 0. The zero-order valence-electron chi connectivity index (χ0n) is 4.31. The molecule has 0 rings (SSSR count). The Bertz CT molecular complexity index is 110. The zero-order valence-corrected chi connectivity index (χ0v) is 5.90. The van der Waals surface area contributed by atoms with Gasteiger partial charge >= 0.3 is 10.7 Å². The second-order valence-corrected chi connectivity index (χ2v) is 1.71. The van der Waals surface area contributed by atoms with Crippen molar-refractivity contribution in [3.8, 4) is 0 Å². The van der Waals surface area contributed by atoms with Crippen LogP contribution in [0.4, 0.5) is 0 Å². The van der Waals surface area contributed by atoms with E-state index in [0.717, 1.165) is 0 Å². The average molecular weight is 181 g/mol. The normalized spacial score (nSPS) is 8.25. The lowest BCUT2D eigenvalue weighted by Crippen LogP contribution is -2.10. The third-order valence-electron chi connectivity index (χ3n) is 0.436. The van der Waals surface area contributed by atoms with Gasteiger partial charge in [-0.1, -0.05) is 0 Å². The van der Waals surface area contributed by atoms with Gasteiger partial charge in [-0.15, -0.1) is 0 Å². The van der Waals surface area contributed by atoms with Gasteiger partial charge in [0.25, 0.3) is 0 Å². The van der Waals surface area contributed by atoms with E-state index in [1.807, 2.05) is 0 Å². The Morgan fingerprint density at radius 2 is 2.12 bits per heavy atom. The molecule has 0 spiro atoms. The Morgan fingerprint density at radius 1 is 1.62 bits per heavy atom. The number of hydrogen-bond donors (Lipinski definition) is 0. The SMILES string of the molecule is CCOC(=O)C(=O)Br. The molecular formula is C4H5BrO3. The highest BCUT2D eigenvalue weighted by Crippen LogP contribution is 1.87. The van der Waals surface area contributed by atoms with Crippen molar-refractivity contribution in [1.82, 2.24) is 0 Å². The van der Waals surface area contributed by atoms with E-state index in [1.54, 1.807) is 6.92 Å². The zero-order chi connectivity index (χ0) is 6.57. The molecule has 0 N–H and O–H groups in total. The average Bonchev–Trinajstić information content (AvgIpc) is 1.67. The maximum absolute atomic E-state index is 10.1. The first-order valence-corrected chi connectivity index (χ1v) is 2.84.